The van der Waals surface area contributed by atoms with Crippen LogP contribution in [-0.4, -0.2) is 59.9 Å². The third-order valence-corrected chi connectivity index (χ3v) is 2.02. The highest BCUT2D eigenvalue weighted by molar-refractivity contribution is 5.78. The molecule has 1 rings (SSSR count). The molecule has 1 aliphatic rings. The first-order valence-electron chi connectivity index (χ1n) is 4.50. The Hall–Kier alpha value is -0.650. The predicted molar refractivity (Wildman–Crippen MR) is 47.2 cm³/mol. The van der Waals surface area contributed by atoms with Crippen LogP contribution in [-0.2, 0) is 4.79 Å². The smallest absolute Gasteiger partial charge is 0.234 e. The fraction of sp³-hybridized carbons (Fsp3) is 0.875. The van der Waals surface area contributed by atoms with Crippen molar-refractivity contribution in [2.45, 2.75) is 12.5 Å². The summed E-state index contributed by atoms with van der Waals surface area (Å²) in [5, 5.41) is 20.5. The van der Waals surface area contributed by atoms with Crippen LogP contribution < -0.4 is 5.32 Å². The van der Waals surface area contributed by atoms with E-state index in [4.69, 9.17) is 10.2 Å². The standard InChI is InChI=1S/C8H16N2O3/c11-6-7(12)4-10-3-1-2-9-8(13)5-10/h7,11-12H,1-6H2,(H,9,13). The summed E-state index contributed by atoms with van der Waals surface area (Å²) < 4.78 is 0. The van der Waals surface area contributed by atoms with Gasteiger partial charge in [-0.2, -0.15) is 0 Å². The number of aliphatic hydroxyl groups is 2. The number of nitrogens with zero attached hydrogens (tertiary/aromatic N) is 1. The van der Waals surface area contributed by atoms with Gasteiger partial charge in [0.05, 0.1) is 19.3 Å². The van der Waals surface area contributed by atoms with Crippen LogP contribution in [0.1, 0.15) is 6.42 Å². The molecule has 3 N–H and O–H groups in total. The quantitative estimate of drug-likeness (QED) is 0.487. The highest BCUT2D eigenvalue weighted by Crippen LogP contribution is 1.97. The molecule has 0 aromatic heterocycles. The number of carbonyl (C=O) groups is 1. The summed E-state index contributed by atoms with van der Waals surface area (Å²) in [6, 6.07) is 0. The lowest BCUT2D eigenvalue weighted by Gasteiger charge is -2.20. The number of hydrogen-bond acceptors (Lipinski definition) is 4. The monoisotopic (exact) mass is 188 g/mol. The Morgan fingerprint density at radius 1 is 1.62 bits per heavy atom. The highest BCUT2D eigenvalue weighted by atomic mass is 16.3. The Labute approximate surface area is 77.3 Å². The van der Waals surface area contributed by atoms with Crippen LogP contribution in [0.15, 0.2) is 0 Å². The van der Waals surface area contributed by atoms with Gasteiger partial charge < -0.3 is 15.5 Å². The fourth-order valence-electron chi connectivity index (χ4n) is 1.38. The van der Waals surface area contributed by atoms with Gasteiger partial charge in [-0.3, -0.25) is 9.69 Å². The Morgan fingerprint density at radius 2 is 2.38 bits per heavy atom. The van der Waals surface area contributed by atoms with Crippen molar-refractivity contribution in [2.24, 2.45) is 0 Å². The molecule has 5 heteroatoms. The lowest BCUT2D eigenvalue weighted by molar-refractivity contribution is -0.121. The number of carbonyl (C=O) groups excluding carboxylic acids is 1. The lowest BCUT2D eigenvalue weighted by atomic mass is 10.3. The van der Waals surface area contributed by atoms with E-state index in [0.717, 1.165) is 13.0 Å². The van der Waals surface area contributed by atoms with Gasteiger partial charge in [-0.1, -0.05) is 0 Å². The number of aliphatic hydroxyl groups excluding tert-OH is 2. The summed E-state index contributed by atoms with van der Waals surface area (Å²) >= 11 is 0. The molecule has 0 aliphatic carbocycles. The van der Waals surface area contributed by atoms with E-state index >= 15 is 0 Å². The maximum atomic E-state index is 11.1. The van der Waals surface area contributed by atoms with Gasteiger partial charge in [0.25, 0.3) is 0 Å². The molecule has 13 heavy (non-hydrogen) atoms. The van der Waals surface area contributed by atoms with Crippen molar-refractivity contribution in [3.8, 4) is 0 Å². The number of amides is 1. The van der Waals surface area contributed by atoms with Gasteiger partial charge in [0.15, 0.2) is 0 Å². The normalized spacial score (nSPS) is 22.2. The van der Waals surface area contributed by atoms with Crippen molar-refractivity contribution >= 4 is 5.91 Å². The molecular formula is C8H16N2O3. The number of rotatable bonds is 3. The second-order valence-electron chi connectivity index (χ2n) is 3.28. The fourth-order valence-corrected chi connectivity index (χ4v) is 1.38. The molecule has 1 unspecified atom stereocenters. The van der Waals surface area contributed by atoms with Crippen molar-refractivity contribution in [1.29, 1.82) is 0 Å². The van der Waals surface area contributed by atoms with Crippen LogP contribution >= 0.6 is 0 Å². The minimum Gasteiger partial charge on any atom is -0.394 e. The van der Waals surface area contributed by atoms with E-state index in [9.17, 15) is 4.79 Å². The van der Waals surface area contributed by atoms with Gasteiger partial charge in [-0.05, 0) is 6.42 Å². The molecule has 0 spiro atoms. The zero-order chi connectivity index (χ0) is 9.68. The van der Waals surface area contributed by atoms with Crippen LogP contribution in [0.5, 0.6) is 0 Å². The van der Waals surface area contributed by atoms with Crippen LogP contribution in [0.25, 0.3) is 0 Å². The SMILES string of the molecule is O=C1CN(CC(O)CO)CCCN1. The van der Waals surface area contributed by atoms with Crippen molar-refractivity contribution in [3.63, 3.8) is 0 Å². The predicted octanol–water partition coefficient (Wildman–Crippen LogP) is -1.84. The minimum absolute atomic E-state index is 0.0114. The first-order valence-corrected chi connectivity index (χ1v) is 4.50. The first-order chi connectivity index (χ1) is 6.22. The molecule has 1 heterocycles. The van der Waals surface area contributed by atoms with Crippen molar-refractivity contribution in [2.75, 3.05) is 32.8 Å². The molecule has 0 saturated carbocycles. The summed E-state index contributed by atoms with van der Waals surface area (Å²) in [6.45, 7) is 1.92. The van der Waals surface area contributed by atoms with E-state index in [2.05, 4.69) is 5.32 Å². The summed E-state index contributed by atoms with van der Waals surface area (Å²) in [7, 11) is 0. The van der Waals surface area contributed by atoms with Crippen LogP contribution in [0.3, 0.4) is 0 Å². The molecule has 76 valence electrons. The molecule has 0 aromatic rings. The number of β-amino-alcohol motifs (C(OH)–C–C–N with tert-alkyl or cyclic N) is 1. The van der Waals surface area contributed by atoms with Gasteiger partial charge in [0.2, 0.25) is 5.91 Å². The largest absolute Gasteiger partial charge is 0.394 e. The first kappa shape index (κ1) is 10.4. The molecule has 0 aromatic carbocycles. The van der Waals surface area contributed by atoms with E-state index in [-0.39, 0.29) is 12.5 Å². The lowest BCUT2D eigenvalue weighted by Crippen LogP contribution is -2.38. The maximum absolute atomic E-state index is 11.1. The summed E-state index contributed by atoms with van der Waals surface area (Å²) in [6.07, 6.45) is 0.148. The minimum atomic E-state index is -0.745. The Bertz CT molecular complexity index is 175. The number of hydrogen-bond donors (Lipinski definition) is 3. The average Bonchev–Trinajstić information content (AvgIpc) is 2.30. The molecule has 1 aliphatic heterocycles. The third kappa shape index (κ3) is 3.71. The molecule has 5 nitrogen and oxygen atoms in total. The van der Waals surface area contributed by atoms with Crippen LogP contribution in [0.4, 0.5) is 0 Å². The van der Waals surface area contributed by atoms with Gasteiger partial charge in [-0.25, -0.2) is 0 Å². The van der Waals surface area contributed by atoms with Gasteiger partial charge >= 0.3 is 0 Å². The van der Waals surface area contributed by atoms with Crippen LogP contribution in [0.2, 0.25) is 0 Å². The van der Waals surface area contributed by atoms with Crippen molar-refractivity contribution < 1.29 is 15.0 Å². The van der Waals surface area contributed by atoms with Gasteiger partial charge in [0, 0.05) is 19.6 Å². The topological polar surface area (TPSA) is 72.8 Å². The molecular weight excluding hydrogens is 172 g/mol. The van der Waals surface area contributed by atoms with Crippen LogP contribution in [0, 0.1) is 0 Å². The molecule has 1 amide bonds. The second-order valence-corrected chi connectivity index (χ2v) is 3.28. The van der Waals surface area contributed by atoms with E-state index in [1.54, 1.807) is 0 Å². The van der Waals surface area contributed by atoms with Crippen molar-refractivity contribution in [3.05, 3.63) is 0 Å². The molecule has 1 saturated heterocycles. The van der Waals surface area contributed by atoms with Gasteiger partial charge in [0.1, 0.15) is 0 Å². The maximum Gasteiger partial charge on any atom is 0.234 e. The summed E-state index contributed by atoms with van der Waals surface area (Å²) in [5.41, 5.74) is 0. The molecule has 0 bridgehead atoms. The highest BCUT2D eigenvalue weighted by Gasteiger charge is 2.16. The zero-order valence-electron chi connectivity index (χ0n) is 7.57. The molecule has 1 atom stereocenters. The van der Waals surface area contributed by atoms with E-state index in [0.29, 0.717) is 19.6 Å². The number of nitrogens with one attached hydrogen (secondary N) is 1. The van der Waals surface area contributed by atoms with Crippen molar-refractivity contribution in [1.82, 2.24) is 10.2 Å². The summed E-state index contributed by atoms with van der Waals surface area (Å²) in [5.74, 6) is -0.0114. The zero-order valence-corrected chi connectivity index (χ0v) is 7.57. The van der Waals surface area contributed by atoms with E-state index < -0.39 is 6.10 Å². The average molecular weight is 188 g/mol. The van der Waals surface area contributed by atoms with Gasteiger partial charge in [-0.15, -0.1) is 0 Å². The Kier molecular flexibility index (Phi) is 4.14. The Balaban J connectivity index is 2.34. The third-order valence-electron chi connectivity index (χ3n) is 2.02. The Morgan fingerprint density at radius 3 is 3.08 bits per heavy atom. The second kappa shape index (κ2) is 5.16. The molecule has 0 radical (unpaired) electrons. The summed E-state index contributed by atoms with van der Waals surface area (Å²) in [4.78, 5) is 12.9. The van der Waals surface area contributed by atoms with E-state index in [1.165, 1.54) is 0 Å². The van der Waals surface area contributed by atoms with E-state index in [1.807, 2.05) is 4.90 Å². The molecule has 1 fully saturated rings.